The van der Waals surface area contributed by atoms with Gasteiger partial charge < -0.3 is 29.0 Å². The van der Waals surface area contributed by atoms with Crippen molar-refractivity contribution in [2.45, 2.75) is 22.9 Å². The number of methoxy groups -OCH3 is 1. The number of carbonyl (C=O) groups excluding carboxylic acids is 2. The summed E-state index contributed by atoms with van der Waals surface area (Å²) in [5.41, 5.74) is 2.88. The topological polar surface area (TPSA) is 123 Å². The molecule has 2 heterocycles. The third kappa shape index (κ3) is 10.8. The number of aromatic nitrogens is 3. The average molecular weight is 635 g/mol. The molecule has 0 aliphatic rings. The average Bonchev–Trinajstić information content (AvgIpc) is 3.42. The van der Waals surface area contributed by atoms with Gasteiger partial charge in [-0.05, 0) is 54.6 Å². The standard InChI is InChI=1S/C33H38N4O7S/c1-34-33(39)28-8-3-4-9-31(28)45-26-11-12-27-29(13-10-25-7-5-6-15-35-25)36-37(30(27)23-26)24-44-32(38)14-16-41-19-20-43-22-21-42-18-17-40-2/h3-13,15,23H,14,16-22,24H2,1-2H3,(H,34,39)/b13-10+. The molecule has 0 bridgehead atoms. The molecule has 0 aliphatic heterocycles. The Balaban J connectivity index is 1.38. The van der Waals surface area contributed by atoms with Crippen LogP contribution in [0.3, 0.4) is 0 Å². The fraction of sp³-hybridized carbons (Fsp3) is 0.333. The normalized spacial score (nSPS) is 11.3. The number of hydrogen-bond acceptors (Lipinski definition) is 10. The molecule has 238 valence electrons. The summed E-state index contributed by atoms with van der Waals surface area (Å²) in [7, 11) is 3.24. The van der Waals surface area contributed by atoms with Crippen molar-refractivity contribution < 1.29 is 33.3 Å². The largest absolute Gasteiger partial charge is 0.442 e. The van der Waals surface area contributed by atoms with Crippen molar-refractivity contribution in [1.82, 2.24) is 20.1 Å². The summed E-state index contributed by atoms with van der Waals surface area (Å²) < 4.78 is 28.4. The molecule has 2 aromatic carbocycles. The number of amides is 1. The highest BCUT2D eigenvalue weighted by Crippen LogP contribution is 2.33. The predicted octanol–water partition coefficient (Wildman–Crippen LogP) is 4.70. The number of fused-ring (bicyclic) bond motifs is 1. The zero-order valence-electron chi connectivity index (χ0n) is 25.5. The molecule has 4 rings (SSSR count). The lowest BCUT2D eigenvalue weighted by Crippen LogP contribution is -2.18. The Morgan fingerprint density at radius 3 is 2.36 bits per heavy atom. The van der Waals surface area contributed by atoms with Crippen molar-refractivity contribution >= 4 is 46.7 Å². The summed E-state index contributed by atoms with van der Waals surface area (Å²) in [5.74, 6) is -0.556. The van der Waals surface area contributed by atoms with Gasteiger partial charge in [-0.25, -0.2) is 4.68 Å². The lowest BCUT2D eigenvalue weighted by Gasteiger charge is -2.09. The number of pyridine rings is 1. The van der Waals surface area contributed by atoms with Gasteiger partial charge in [-0.3, -0.25) is 14.6 Å². The Bertz CT molecular complexity index is 1540. The van der Waals surface area contributed by atoms with Crippen molar-refractivity contribution in [3.63, 3.8) is 0 Å². The maximum atomic E-state index is 12.5. The number of rotatable bonds is 19. The summed E-state index contributed by atoms with van der Waals surface area (Å²) in [6.07, 6.45) is 5.60. The minimum absolute atomic E-state index is 0.0676. The highest BCUT2D eigenvalue weighted by molar-refractivity contribution is 7.99. The van der Waals surface area contributed by atoms with Gasteiger partial charge >= 0.3 is 5.97 Å². The molecule has 0 saturated heterocycles. The van der Waals surface area contributed by atoms with Crippen LogP contribution in [0, 0.1) is 0 Å². The molecular formula is C33H38N4O7S. The molecule has 1 amide bonds. The van der Waals surface area contributed by atoms with E-state index >= 15 is 0 Å². The van der Waals surface area contributed by atoms with Crippen LogP contribution in [0.2, 0.25) is 0 Å². The zero-order valence-corrected chi connectivity index (χ0v) is 26.3. The Morgan fingerprint density at radius 1 is 0.889 bits per heavy atom. The summed E-state index contributed by atoms with van der Waals surface area (Å²) in [6.45, 7) is 2.96. The predicted molar refractivity (Wildman–Crippen MR) is 172 cm³/mol. The van der Waals surface area contributed by atoms with Gasteiger partial charge in [0.25, 0.3) is 5.91 Å². The van der Waals surface area contributed by atoms with Gasteiger partial charge in [0.05, 0.1) is 75.1 Å². The summed E-state index contributed by atoms with van der Waals surface area (Å²) in [4.78, 5) is 31.0. The van der Waals surface area contributed by atoms with Crippen molar-refractivity contribution in [3.05, 3.63) is 83.8 Å². The Labute approximate surface area is 266 Å². The fourth-order valence-corrected chi connectivity index (χ4v) is 5.13. The van der Waals surface area contributed by atoms with Crippen LogP contribution in [-0.4, -0.2) is 87.0 Å². The van der Waals surface area contributed by atoms with E-state index in [1.165, 1.54) is 11.8 Å². The van der Waals surface area contributed by atoms with Gasteiger partial charge in [-0.15, -0.1) is 0 Å². The van der Waals surface area contributed by atoms with Gasteiger partial charge in [0.2, 0.25) is 0 Å². The highest BCUT2D eigenvalue weighted by atomic mass is 32.2. The molecule has 4 aromatic rings. The van der Waals surface area contributed by atoms with Crippen LogP contribution in [0.4, 0.5) is 0 Å². The van der Waals surface area contributed by atoms with Crippen LogP contribution in [-0.2, 0) is 35.2 Å². The lowest BCUT2D eigenvalue weighted by atomic mass is 10.2. The first kappa shape index (κ1) is 33.8. The molecular weight excluding hydrogens is 596 g/mol. The smallest absolute Gasteiger partial charge is 0.309 e. The van der Waals surface area contributed by atoms with E-state index in [1.54, 1.807) is 31.1 Å². The zero-order chi connectivity index (χ0) is 31.7. The van der Waals surface area contributed by atoms with E-state index in [1.807, 2.05) is 66.7 Å². The van der Waals surface area contributed by atoms with Crippen LogP contribution in [0.5, 0.6) is 0 Å². The first-order valence-electron chi connectivity index (χ1n) is 14.6. The number of benzene rings is 2. The molecule has 11 nitrogen and oxygen atoms in total. The molecule has 0 fully saturated rings. The Morgan fingerprint density at radius 2 is 1.62 bits per heavy atom. The Hall–Kier alpha value is -4.07. The van der Waals surface area contributed by atoms with E-state index in [0.717, 1.165) is 26.4 Å². The molecule has 1 N–H and O–H groups in total. The van der Waals surface area contributed by atoms with Gasteiger partial charge in [-0.1, -0.05) is 30.0 Å². The van der Waals surface area contributed by atoms with Crippen molar-refractivity contribution in [2.24, 2.45) is 0 Å². The number of nitrogens with one attached hydrogen (secondary N) is 1. The Kier molecular flexibility index (Phi) is 14.0. The number of ether oxygens (including phenoxy) is 5. The van der Waals surface area contributed by atoms with Crippen molar-refractivity contribution in [1.29, 1.82) is 0 Å². The molecule has 45 heavy (non-hydrogen) atoms. The van der Waals surface area contributed by atoms with Gasteiger partial charge in [-0.2, -0.15) is 5.10 Å². The van der Waals surface area contributed by atoms with Crippen molar-refractivity contribution in [2.75, 3.05) is 60.4 Å². The molecule has 0 saturated carbocycles. The third-order valence-electron chi connectivity index (χ3n) is 6.41. The van der Waals surface area contributed by atoms with Gasteiger partial charge in [0, 0.05) is 35.5 Å². The van der Waals surface area contributed by atoms with Crippen LogP contribution in [0.1, 0.15) is 28.2 Å². The maximum Gasteiger partial charge on any atom is 0.309 e. The molecule has 0 aliphatic carbocycles. The minimum Gasteiger partial charge on any atom is -0.442 e. The molecule has 0 radical (unpaired) electrons. The van der Waals surface area contributed by atoms with Crippen LogP contribution >= 0.6 is 11.8 Å². The van der Waals surface area contributed by atoms with E-state index in [9.17, 15) is 9.59 Å². The second-order valence-electron chi connectivity index (χ2n) is 9.55. The molecule has 0 atom stereocenters. The van der Waals surface area contributed by atoms with Gasteiger partial charge in [0.15, 0.2) is 6.73 Å². The minimum atomic E-state index is -0.401. The van der Waals surface area contributed by atoms with E-state index in [4.69, 9.17) is 28.8 Å². The highest BCUT2D eigenvalue weighted by Gasteiger charge is 2.15. The van der Waals surface area contributed by atoms with E-state index in [2.05, 4.69) is 10.3 Å². The van der Waals surface area contributed by atoms with E-state index in [-0.39, 0.29) is 25.7 Å². The van der Waals surface area contributed by atoms with Crippen LogP contribution in [0.15, 0.2) is 76.7 Å². The molecule has 0 unspecified atom stereocenters. The summed E-state index contributed by atoms with van der Waals surface area (Å²) in [5, 5.41) is 8.31. The van der Waals surface area contributed by atoms with Crippen LogP contribution < -0.4 is 5.32 Å². The first-order valence-corrected chi connectivity index (χ1v) is 15.4. The third-order valence-corrected chi connectivity index (χ3v) is 7.48. The molecule has 0 spiro atoms. The van der Waals surface area contributed by atoms with Crippen molar-refractivity contribution in [3.8, 4) is 0 Å². The first-order chi connectivity index (χ1) is 22.1. The second-order valence-corrected chi connectivity index (χ2v) is 10.7. The summed E-state index contributed by atoms with van der Waals surface area (Å²) in [6, 6.07) is 19.1. The molecule has 12 heteroatoms. The SMILES string of the molecule is CNC(=O)c1ccccc1Sc1ccc2c(/C=C/c3ccccn3)nn(COC(=O)CCOCCOCCOCCOC)c2c1. The summed E-state index contributed by atoms with van der Waals surface area (Å²) >= 11 is 1.47. The fourth-order valence-electron chi connectivity index (χ4n) is 4.15. The number of carbonyl (C=O) groups is 2. The van der Waals surface area contributed by atoms with E-state index < -0.39 is 5.97 Å². The number of esters is 1. The number of nitrogens with zero attached hydrogens (tertiary/aromatic N) is 3. The maximum absolute atomic E-state index is 12.5. The van der Waals surface area contributed by atoms with Crippen LogP contribution in [0.25, 0.3) is 23.1 Å². The second kappa shape index (κ2) is 18.7. The van der Waals surface area contributed by atoms with Gasteiger partial charge in [0.1, 0.15) is 0 Å². The quantitative estimate of drug-likeness (QED) is 0.115. The molecule has 2 aromatic heterocycles. The number of hydrogen-bond donors (Lipinski definition) is 1. The van der Waals surface area contributed by atoms with E-state index in [0.29, 0.717) is 50.9 Å². The monoisotopic (exact) mass is 634 g/mol. The lowest BCUT2D eigenvalue weighted by molar-refractivity contribution is -0.149.